The third kappa shape index (κ3) is 3.50. The number of nitrogens with zero attached hydrogens (tertiary/aromatic N) is 3. The number of imidazole rings is 2. The Labute approximate surface area is 158 Å². The predicted molar refractivity (Wildman–Crippen MR) is 103 cm³/mol. The first-order valence-electron chi connectivity index (χ1n) is 10.2. The second-order valence-corrected chi connectivity index (χ2v) is 8.12. The zero-order chi connectivity index (χ0) is 18.2. The SMILES string of the molecule is Fc1ccc2nc(C3CCCN3Cc3cnc(CC4CCCC4)[nH]3)[nH]c2c1. The first-order chi connectivity index (χ1) is 13.2. The quantitative estimate of drug-likeness (QED) is 0.698. The molecule has 6 heteroatoms. The van der Waals surface area contributed by atoms with Gasteiger partial charge in [-0.3, -0.25) is 4.90 Å². The van der Waals surface area contributed by atoms with Crippen LogP contribution < -0.4 is 0 Å². The molecule has 3 aromatic rings. The van der Waals surface area contributed by atoms with Crippen molar-refractivity contribution in [1.29, 1.82) is 0 Å². The van der Waals surface area contributed by atoms with E-state index in [1.807, 2.05) is 6.20 Å². The maximum absolute atomic E-state index is 13.5. The molecule has 0 spiro atoms. The smallest absolute Gasteiger partial charge is 0.125 e. The lowest BCUT2D eigenvalue weighted by Gasteiger charge is -2.21. The number of halogens is 1. The van der Waals surface area contributed by atoms with Gasteiger partial charge in [-0.25, -0.2) is 14.4 Å². The normalized spacial score (nSPS) is 21.6. The summed E-state index contributed by atoms with van der Waals surface area (Å²) < 4.78 is 13.5. The fourth-order valence-corrected chi connectivity index (χ4v) is 4.78. The molecule has 1 atom stereocenters. The van der Waals surface area contributed by atoms with Crippen molar-refractivity contribution in [3.63, 3.8) is 0 Å². The Morgan fingerprint density at radius 3 is 2.89 bits per heavy atom. The van der Waals surface area contributed by atoms with Crippen LogP contribution in [-0.2, 0) is 13.0 Å². The summed E-state index contributed by atoms with van der Waals surface area (Å²) in [5.74, 6) is 2.65. The summed E-state index contributed by atoms with van der Waals surface area (Å²) in [5, 5.41) is 0. The monoisotopic (exact) mass is 367 g/mol. The third-order valence-corrected chi connectivity index (χ3v) is 6.15. The van der Waals surface area contributed by atoms with Gasteiger partial charge >= 0.3 is 0 Å². The van der Waals surface area contributed by atoms with E-state index in [1.54, 1.807) is 6.07 Å². The minimum atomic E-state index is -0.228. The van der Waals surface area contributed by atoms with Crippen molar-refractivity contribution in [3.05, 3.63) is 47.6 Å². The lowest BCUT2D eigenvalue weighted by atomic mass is 10.0. The number of hydrogen-bond donors (Lipinski definition) is 2. The Bertz CT molecular complexity index is 924. The van der Waals surface area contributed by atoms with Crippen molar-refractivity contribution in [3.8, 4) is 0 Å². The first kappa shape index (κ1) is 16.9. The molecule has 142 valence electrons. The molecule has 0 amide bonds. The molecule has 2 fully saturated rings. The number of nitrogens with one attached hydrogen (secondary N) is 2. The maximum Gasteiger partial charge on any atom is 0.125 e. The number of rotatable bonds is 5. The number of benzene rings is 1. The molecule has 5 nitrogen and oxygen atoms in total. The highest BCUT2D eigenvalue weighted by Crippen LogP contribution is 2.33. The van der Waals surface area contributed by atoms with Crippen LogP contribution in [0.25, 0.3) is 11.0 Å². The lowest BCUT2D eigenvalue weighted by Crippen LogP contribution is -2.23. The first-order valence-corrected chi connectivity index (χ1v) is 10.2. The summed E-state index contributed by atoms with van der Waals surface area (Å²) in [7, 11) is 0. The third-order valence-electron chi connectivity index (χ3n) is 6.15. The van der Waals surface area contributed by atoms with Crippen LogP contribution in [0.1, 0.15) is 61.9 Å². The van der Waals surface area contributed by atoms with E-state index in [9.17, 15) is 4.39 Å². The summed E-state index contributed by atoms with van der Waals surface area (Å²) in [4.78, 5) is 18.6. The highest BCUT2D eigenvalue weighted by atomic mass is 19.1. The van der Waals surface area contributed by atoms with E-state index in [2.05, 4.69) is 19.9 Å². The zero-order valence-corrected chi connectivity index (χ0v) is 15.5. The molecule has 0 radical (unpaired) electrons. The van der Waals surface area contributed by atoms with E-state index in [1.165, 1.54) is 43.5 Å². The maximum atomic E-state index is 13.5. The van der Waals surface area contributed by atoms with Gasteiger partial charge < -0.3 is 9.97 Å². The molecular weight excluding hydrogens is 341 g/mol. The van der Waals surface area contributed by atoms with Crippen LogP contribution in [-0.4, -0.2) is 31.4 Å². The van der Waals surface area contributed by atoms with Crippen LogP contribution in [0, 0.1) is 11.7 Å². The summed E-state index contributed by atoms with van der Waals surface area (Å²) in [6.45, 7) is 1.90. The molecule has 1 unspecified atom stereocenters. The molecule has 1 aliphatic carbocycles. The molecule has 5 rings (SSSR count). The molecule has 2 N–H and O–H groups in total. The molecule has 3 heterocycles. The Kier molecular flexibility index (Phi) is 4.44. The number of fused-ring (bicyclic) bond motifs is 1. The van der Waals surface area contributed by atoms with Crippen molar-refractivity contribution in [2.24, 2.45) is 5.92 Å². The van der Waals surface area contributed by atoms with E-state index in [-0.39, 0.29) is 11.9 Å². The largest absolute Gasteiger partial charge is 0.345 e. The van der Waals surface area contributed by atoms with E-state index < -0.39 is 0 Å². The van der Waals surface area contributed by atoms with Gasteiger partial charge in [-0.05, 0) is 43.5 Å². The number of H-pyrrole nitrogens is 2. The van der Waals surface area contributed by atoms with Gasteiger partial charge in [0.1, 0.15) is 17.5 Å². The van der Waals surface area contributed by atoms with Crippen molar-refractivity contribution < 1.29 is 4.39 Å². The van der Waals surface area contributed by atoms with Gasteiger partial charge in [0.05, 0.1) is 17.1 Å². The molecule has 1 aromatic carbocycles. The van der Waals surface area contributed by atoms with Crippen LogP contribution in [0.4, 0.5) is 4.39 Å². The van der Waals surface area contributed by atoms with E-state index in [0.717, 1.165) is 61.0 Å². The summed E-state index contributed by atoms with van der Waals surface area (Å²) in [6, 6.07) is 4.99. The minimum absolute atomic E-state index is 0.228. The fourth-order valence-electron chi connectivity index (χ4n) is 4.78. The average Bonchev–Trinajstić information content (AvgIpc) is 3.42. The molecule has 2 aromatic heterocycles. The second-order valence-electron chi connectivity index (χ2n) is 8.12. The van der Waals surface area contributed by atoms with Gasteiger partial charge in [0.25, 0.3) is 0 Å². The average molecular weight is 367 g/mol. The molecular formula is C21H26FN5. The Morgan fingerprint density at radius 1 is 1.11 bits per heavy atom. The molecule has 1 saturated carbocycles. The van der Waals surface area contributed by atoms with Crippen molar-refractivity contribution >= 4 is 11.0 Å². The lowest BCUT2D eigenvalue weighted by molar-refractivity contribution is 0.238. The summed E-state index contributed by atoms with van der Waals surface area (Å²) in [5.41, 5.74) is 2.79. The second kappa shape index (κ2) is 7.08. The van der Waals surface area contributed by atoms with Gasteiger partial charge in [0, 0.05) is 24.9 Å². The fraction of sp³-hybridized carbons (Fsp3) is 0.524. The van der Waals surface area contributed by atoms with E-state index >= 15 is 0 Å². The van der Waals surface area contributed by atoms with Crippen molar-refractivity contribution in [1.82, 2.24) is 24.8 Å². The van der Waals surface area contributed by atoms with Gasteiger partial charge in [0.15, 0.2) is 0 Å². The van der Waals surface area contributed by atoms with E-state index in [4.69, 9.17) is 4.98 Å². The van der Waals surface area contributed by atoms with Crippen molar-refractivity contribution in [2.45, 2.75) is 57.5 Å². The zero-order valence-electron chi connectivity index (χ0n) is 15.5. The number of hydrogen-bond acceptors (Lipinski definition) is 3. The summed E-state index contributed by atoms with van der Waals surface area (Å²) in [6.07, 6.45) is 10.7. The standard InChI is InChI=1S/C21H26FN5/c22-15-7-8-17-18(11-15)26-21(25-17)19-6-3-9-27(19)13-16-12-23-20(24-16)10-14-4-1-2-5-14/h7-8,11-12,14,19H,1-6,9-10,13H2,(H,23,24)(H,25,26). The highest BCUT2D eigenvalue weighted by Gasteiger charge is 2.29. The molecule has 27 heavy (non-hydrogen) atoms. The van der Waals surface area contributed by atoms with Crippen LogP contribution in [0.5, 0.6) is 0 Å². The molecule has 1 saturated heterocycles. The van der Waals surface area contributed by atoms with E-state index in [0.29, 0.717) is 0 Å². The highest BCUT2D eigenvalue weighted by molar-refractivity contribution is 5.75. The van der Waals surface area contributed by atoms with Gasteiger partial charge in [-0.2, -0.15) is 0 Å². The molecule has 0 bridgehead atoms. The number of aromatic nitrogens is 4. The van der Waals surface area contributed by atoms with Crippen LogP contribution >= 0.6 is 0 Å². The Hall–Kier alpha value is -2.21. The summed E-state index contributed by atoms with van der Waals surface area (Å²) >= 11 is 0. The van der Waals surface area contributed by atoms with Crippen LogP contribution in [0.15, 0.2) is 24.4 Å². The van der Waals surface area contributed by atoms with Crippen molar-refractivity contribution in [2.75, 3.05) is 6.54 Å². The Morgan fingerprint density at radius 2 is 2.00 bits per heavy atom. The topological polar surface area (TPSA) is 60.6 Å². The van der Waals surface area contributed by atoms with Gasteiger partial charge in [-0.1, -0.05) is 25.7 Å². The number of aromatic amines is 2. The molecule has 1 aliphatic heterocycles. The Balaban J connectivity index is 1.30. The minimum Gasteiger partial charge on any atom is -0.345 e. The number of likely N-dealkylation sites (tertiary alicyclic amines) is 1. The molecule has 2 aliphatic rings. The van der Waals surface area contributed by atoms with Crippen LogP contribution in [0.2, 0.25) is 0 Å². The van der Waals surface area contributed by atoms with Crippen LogP contribution in [0.3, 0.4) is 0 Å². The van der Waals surface area contributed by atoms with Gasteiger partial charge in [-0.15, -0.1) is 0 Å². The predicted octanol–water partition coefficient (Wildman–Crippen LogP) is 4.49. The van der Waals surface area contributed by atoms with Gasteiger partial charge in [0.2, 0.25) is 0 Å².